The molecule has 0 saturated heterocycles. The fourth-order valence-corrected chi connectivity index (χ4v) is 5.90. The predicted molar refractivity (Wildman–Crippen MR) is 163 cm³/mol. The molecule has 0 spiro atoms. The lowest BCUT2D eigenvalue weighted by Gasteiger charge is -2.34. The number of nitrogens with one attached hydrogen (secondary N) is 1. The third-order valence-corrected chi connectivity index (χ3v) is 8.67. The van der Waals surface area contributed by atoms with Crippen molar-refractivity contribution >= 4 is 27.5 Å². The highest BCUT2D eigenvalue weighted by atomic mass is 32.2. The van der Waals surface area contributed by atoms with Gasteiger partial charge in [0.1, 0.15) is 25.8 Å². The van der Waals surface area contributed by atoms with Crippen LogP contribution in [0.15, 0.2) is 72.8 Å². The van der Waals surface area contributed by atoms with Gasteiger partial charge in [-0.15, -0.1) is 0 Å². The maximum atomic E-state index is 14.3. The van der Waals surface area contributed by atoms with Crippen molar-refractivity contribution in [3.8, 4) is 11.5 Å². The lowest BCUT2D eigenvalue weighted by Crippen LogP contribution is -2.54. The number of rotatable bonds is 12. The van der Waals surface area contributed by atoms with Crippen molar-refractivity contribution in [2.75, 3.05) is 29.8 Å². The molecule has 0 aromatic heterocycles. The molecule has 1 heterocycles. The number of nitrogens with zero attached hydrogens (tertiary/aromatic N) is 2. The number of sulfonamides is 1. The molecule has 3 aromatic rings. The van der Waals surface area contributed by atoms with Gasteiger partial charge in [-0.1, -0.05) is 60.2 Å². The van der Waals surface area contributed by atoms with Gasteiger partial charge in [-0.05, 0) is 51.0 Å². The Bertz CT molecular complexity index is 1490. The van der Waals surface area contributed by atoms with Crippen molar-refractivity contribution in [1.82, 2.24) is 10.2 Å². The zero-order chi connectivity index (χ0) is 30.3. The summed E-state index contributed by atoms with van der Waals surface area (Å²) in [6.07, 6.45) is 0.265. The molecule has 1 aliphatic rings. The quantitative estimate of drug-likeness (QED) is 0.339. The van der Waals surface area contributed by atoms with E-state index in [1.807, 2.05) is 75.4 Å². The second-order valence-corrected chi connectivity index (χ2v) is 12.8. The molecule has 0 aliphatic carbocycles. The fraction of sp³-hybridized carbons (Fsp3) is 0.375. The maximum Gasteiger partial charge on any atom is 0.244 e. The average molecular weight is 594 g/mol. The summed E-state index contributed by atoms with van der Waals surface area (Å²) in [5, 5.41) is 2.96. The summed E-state index contributed by atoms with van der Waals surface area (Å²) in [6, 6.07) is 21.0. The number of hydrogen-bond donors (Lipinski definition) is 1. The Hall–Kier alpha value is -4.05. The van der Waals surface area contributed by atoms with E-state index in [4.69, 9.17) is 9.47 Å². The first-order valence-electron chi connectivity index (χ1n) is 14.2. The molecule has 3 aromatic carbocycles. The van der Waals surface area contributed by atoms with Crippen LogP contribution in [-0.4, -0.2) is 62.7 Å². The minimum absolute atomic E-state index is 0.130. The Morgan fingerprint density at radius 1 is 0.905 bits per heavy atom. The number of carbonyl (C=O) groups excluding carboxylic acids is 2. The van der Waals surface area contributed by atoms with Crippen molar-refractivity contribution in [2.45, 2.75) is 52.7 Å². The van der Waals surface area contributed by atoms with Gasteiger partial charge in [0.05, 0.1) is 11.4 Å². The van der Waals surface area contributed by atoms with Gasteiger partial charge in [0.2, 0.25) is 21.8 Å². The van der Waals surface area contributed by atoms with E-state index in [0.717, 1.165) is 21.0 Å². The lowest BCUT2D eigenvalue weighted by molar-refractivity contribution is -0.140. The molecule has 0 unspecified atom stereocenters. The van der Waals surface area contributed by atoms with E-state index in [0.29, 0.717) is 24.7 Å². The third-order valence-electron chi connectivity index (χ3n) is 6.93. The summed E-state index contributed by atoms with van der Waals surface area (Å²) < 4.78 is 39.1. The Kier molecular flexibility index (Phi) is 10.1. The van der Waals surface area contributed by atoms with Crippen molar-refractivity contribution in [3.05, 3.63) is 89.5 Å². The second kappa shape index (κ2) is 13.7. The second-order valence-electron chi connectivity index (χ2n) is 10.6. The monoisotopic (exact) mass is 593 g/mol. The molecular weight excluding hydrogens is 554 g/mol. The molecule has 42 heavy (non-hydrogen) atoms. The molecule has 10 heteroatoms. The Labute approximate surface area is 248 Å². The molecule has 0 radical (unpaired) electrons. The van der Waals surface area contributed by atoms with Crippen molar-refractivity contribution in [3.63, 3.8) is 0 Å². The van der Waals surface area contributed by atoms with Crippen LogP contribution in [0.25, 0.3) is 0 Å². The SMILES string of the molecule is CCS(=O)(=O)N(CC(=O)N(Cc1cccc(C)c1)[C@H](Cc1ccccc1)C(=O)NC(C)C)c1ccc2c(c1)OCCO2. The first-order valence-corrected chi connectivity index (χ1v) is 15.8. The van der Waals surface area contributed by atoms with Crippen molar-refractivity contribution < 1.29 is 27.5 Å². The summed E-state index contributed by atoms with van der Waals surface area (Å²) in [5.74, 6) is -0.0901. The molecule has 9 nitrogen and oxygen atoms in total. The van der Waals surface area contributed by atoms with Gasteiger partial charge in [-0.3, -0.25) is 13.9 Å². The van der Waals surface area contributed by atoms with Gasteiger partial charge in [0.15, 0.2) is 11.5 Å². The van der Waals surface area contributed by atoms with Crippen LogP contribution in [0.1, 0.15) is 37.5 Å². The zero-order valence-electron chi connectivity index (χ0n) is 24.6. The maximum absolute atomic E-state index is 14.3. The van der Waals surface area contributed by atoms with Gasteiger partial charge in [0, 0.05) is 25.1 Å². The summed E-state index contributed by atoms with van der Waals surface area (Å²) in [4.78, 5) is 29.4. The Balaban J connectivity index is 1.75. The van der Waals surface area contributed by atoms with Crippen LogP contribution in [0.3, 0.4) is 0 Å². The van der Waals surface area contributed by atoms with E-state index in [9.17, 15) is 18.0 Å². The van der Waals surface area contributed by atoms with Gasteiger partial charge in [-0.2, -0.15) is 0 Å². The van der Waals surface area contributed by atoms with E-state index in [1.165, 1.54) is 11.8 Å². The Morgan fingerprint density at radius 3 is 2.26 bits per heavy atom. The first kappa shape index (κ1) is 30.9. The van der Waals surface area contributed by atoms with E-state index in [2.05, 4.69) is 5.32 Å². The molecule has 0 saturated carbocycles. The smallest absolute Gasteiger partial charge is 0.244 e. The molecule has 4 rings (SSSR count). The standard InChI is InChI=1S/C32H39N3O6S/c1-5-42(38,39)35(27-14-15-29-30(20-27)41-17-16-40-29)22-31(36)34(21-26-13-9-10-24(4)18-26)28(32(37)33-23(2)3)19-25-11-7-6-8-12-25/h6-15,18,20,23,28H,5,16-17,19,21-22H2,1-4H3,(H,33,37)/t28-/m1/s1. The molecule has 0 bridgehead atoms. The predicted octanol–water partition coefficient (Wildman–Crippen LogP) is 4.09. The van der Waals surface area contributed by atoms with E-state index in [1.54, 1.807) is 18.2 Å². The van der Waals surface area contributed by atoms with Crippen LogP contribution in [-0.2, 0) is 32.6 Å². The number of ether oxygens (including phenoxy) is 2. The van der Waals surface area contributed by atoms with Gasteiger partial charge in [0.25, 0.3) is 0 Å². The summed E-state index contributed by atoms with van der Waals surface area (Å²) >= 11 is 0. The topological polar surface area (TPSA) is 105 Å². The number of aryl methyl sites for hydroxylation is 1. The largest absolute Gasteiger partial charge is 0.486 e. The highest BCUT2D eigenvalue weighted by Crippen LogP contribution is 2.35. The van der Waals surface area contributed by atoms with E-state index < -0.39 is 28.5 Å². The van der Waals surface area contributed by atoms with Crippen molar-refractivity contribution in [2.24, 2.45) is 0 Å². The minimum Gasteiger partial charge on any atom is -0.486 e. The van der Waals surface area contributed by atoms with Gasteiger partial charge >= 0.3 is 0 Å². The summed E-state index contributed by atoms with van der Waals surface area (Å²) in [6.45, 7) is 7.60. The number of hydrogen-bond acceptors (Lipinski definition) is 6. The van der Waals surface area contributed by atoms with Crippen LogP contribution in [0, 0.1) is 6.92 Å². The number of anilines is 1. The molecular formula is C32H39N3O6S. The molecule has 1 atom stereocenters. The van der Waals surface area contributed by atoms with Crippen molar-refractivity contribution in [1.29, 1.82) is 0 Å². The lowest BCUT2D eigenvalue weighted by atomic mass is 10.0. The molecule has 224 valence electrons. The van der Waals surface area contributed by atoms with Crippen LogP contribution in [0.4, 0.5) is 5.69 Å². The first-order chi connectivity index (χ1) is 20.1. The highest BCUT2D eigenvalue weighted by molar-refractivity contribution is 7.92. The number of amides is 2. The van der Waals surface area contributed by atoms with Crippen LogP contribution < -0.4 is 19.1 Å². The zero-order valence-corrected chi connectivity index (χ0v) is 25.4. The van der Waals surface area contributed by atoms with Gasteiger partial charge < -0.3 is 19.7 Å². The molecule has 1 N–H and O–H groups in total. The van der Waals surface area contributed by atoms with Gasteiger partial charge in [-0.25, -0.2) is 8.42 Å². The Morgan fingerprint density at radius 2 is 1.60 bits per heavy atom. The number of fused-ring (bicyclic) bond motifs is 1. The molecule has 0 fully saturated rings. The number of carbonyl (C=O) groups is 2. The highest BCUT2D eigenvalue weighted by Gasteiger charge is 2.34. The summed E-state index contributed by atoms with van der Waals surface area (Å²) in [5.41, 5.74) is 3.02. The van der Waals surface area contributed by atoms with E-state index in [-0.39, 0.29) is 36.4 Å². The van der Waals surface area contributed by atoms with Crippen LogP contribution in [0.2, 0.25) is 0 Å². The van der Waals surface area contributed by atoms with Crippen LogP contribution in [0.5, 0.6) is 11.5 Å². The van der Waals surface area contributed by atoms with Crippen LogP contribution >= 0.6 is 0 Å². The normalized spacial score (nSPS) is 13.4. The van der Waals surface area contributed by atoms with E-state index >= 15 is 0 Å². The average Bonchev–Trinajstić information content (AvgIpc) is 2.97. The fourth-order valence-electron chi connectivity index (χ4n) is 4.85. The molecule has 1 aliphatic heterocycles. The third kappa shape index (κ3) is 7.82. The molecule has 2 amide bonds. The summed E-state index contributed by atoms with van der Waals surface area (Å²) in [7, 11) is -3.88. The number of benzene rings is 3. The minimum atomic E-state index is -3.88.